The summed E-state index contributed by atoms with van der Waals surface area (Å²) in [6.45, 7) is 6.52. The third-order valence-corrected chi connectivity index (χ3v) is 8.14. The number of H-pyrrole nitrogens is 1. The Labute approximate surface area is 194 Å². The zero-order chi connectivity index (χ0) is 21.9. The second kappa shape index (κ2) is 9.75. The van der Waals surface area contributed by atoms with Crippen LogP contribution in [-0.2, 0) is 6.42 Å². The smallest absolute Gasteiger partial charge is 0.186 e. The highest BCUT2D eigenvalue weighted by Crippen LogP contribution is 2.31. The Balaban J connectivity index is 1.22. The minimum atomic E-state index is 0.256. The molecule has 3 heterocycles. The van der Waals surface area contributed by atoms with E-state index in [4.69, 9.17) is 0 Å². The summed E-state index contributed by atoms with van der Waals surface area (Å²) in [4.78, 5) is 27.0. The van der Waals surface area contributed by atoms with E-state index < -0.39 is 0 Å². The number of anilines is 1. The normalized spacial score (nSPS) is 18.3. The molecule has 1 saturated carbocycles. The number of fused-ring (bicyclic) bond motifs is 1. The van der Waals surface area contributed by atoms with Crippen molar-refractivity contribution in [1.29, 1.82) is 0 Å². The van der Waals surface area contributed by atoms with Gasteiger partial charge in [0.2, 0.25) is 0 Å². The van der Waals surface area contributed by atoms with Crippen LogP contribution in [0.1, 0.15) is 60.7 Å². The van der Waals surface area contributed by atoms with Gasteiger partial charge in [-0.05, 0) is 43.2 Å². The molecule has 0 radical (unpaired) electrons. The summed E-state index contributed by atoms with van der Waals surface area (Å²) in [6.07, 6.45) is 11.7. The Morgan fingerprint density at radius 3 is 2.81 bits per heavy atom. The molecule has 1 aliphatic heterocycles. The number of piperazine rings is 1. The molecule has 1 unspecified atom stereocenters. The number of carbonyl (C=O) groups excluding carboxylic acids is 1. The molecule has 2 aromatic heterocycles. The predicted octanol–water partition coefficient (Wildman–Crippen LogP) is 5.53. The fourth-order valence-electron chi connectivity index (χ4n) is 5.00. The maximum absolute atomic E-state index is 13.2. The minimum absolute atomic E-state index is 0.256. The number of nitrogens with zero attached hydrogens (tertiary/aromatic N) is 3. The Kier molecular flexibility index (Phi) is 6.60. The first kappa shape index (κ1) is 21.7. The van der Waals surface area contributed by atoms with Gasteiger partial charge in [0.1, 0.15) is 0 Å². The van der Waals surface area contributed by atoms with Gasteiger partial charge in [-0.15, -0.1) is 0 Å². The highest BCUT2D eigenvalue weighted by Gasteiger charge is 2.32. The molecule has 1 aliphatic carbocycles. The number of para-hydroxylation sites is 1. The van der Waals surface area contributed by atoms with Crippen molar-refractivity contribution in [3.8, 4) is 0 Å². The molecular weight excluding hydrogens is 416 g/mol. The number of benzene rings is 1. The lowest BCUT2D eigenvalue weighted by molar-refractivity contribution is 0.0962. The number of hydrogen-bond donors (Lipinski definition) is 1. The van der Waals surface area contributed by atoms with Crippen molar-refractivity contribution in [1.82, 2.24) is 14.9 Å². The summed E-state index contributed by atoms with van der Waals surface area (Å²) in [6, 6.07) is 9.29. The monoisotopic (exact) mass is 450 g/mol. The average molecular weight is 451 g/mol. The SMILES string of the molecule is CCCCC(CC(=O)c1cnc(N2CCN(C3CC3)CC2)s1)Cc1c[nH]c2ccccc12. The number of Topliss-reactive ketones (excluding diaryl/α,β-unsaturated/α-hetero) is 1. The van der Waals surface area contributed by atoms with Crippen LogP contribution in [0.5, 0.6) is 0 Å². The number of hydrogen-bond acceptors (Lipinski definition) is 5. The molecule has 170 valence electrons. The van der Waals surface area contributed by atoms with Crippen molar-refractivity contribution in [2.75, 3.05) is 31.1 Å². The van der Waals surface area contributed by atoms with E-state index >= 15 is 0 Å². The maximum atomic E-state index is 13.2. The third kappa shape index (κ3) is 4.91. The fourth-order valence-corrected chi connectivity index (χ4v) is 5.92. The number of thiazole rings is 1. The first-order valence-corrected chi connectivity index (χ1v) is 13.1. The van der Waals surface area contributed by atoms with E-state index in [0.29, 0.717) is 12.3 Å². The maximum Gasteiger partial charge on any atom is 0.186 e. The van der Waals surface area contributed by atoms with Crippen LogP contribution in [0.4, 0.5) is 5.13 Å². The number of aromatic nitrogens is 2. The van der Waals surface area contributed by atoms with Gasteiger partial charge in [0.15, 0.2) is 10.9 Å². The molecule has 5 rings (SSSR count). The molecule has 3 aromatic rings. The third-order valence-electron chi connectivity index (χ3n) is 7.04. The molecule has 5 nitrogen and oxygen atoms in total. The Hall–Kier alpha value is -2.18. The Morgan fingerprint density at radius 1 is 1.22 bits per heavy atom. The van der Waals surface area contributed by atoms with Crippen LogP contribution in [-0.4, -0.2) is 52.9 Å². The zero-order valence-electron chi connectivity index (χ0n) is 19.1. The van der Waals surface area contributed by atoms with Gasteiger partial charge in [0.25, 0.3) is 0 Å². The summed E-state index contributed by atoms with van der Waals surface area (Å²) in [5.41, 5.74) is 2.50. The summed E-state index contributed by atoms with van der Waals surface area (Å²) >= 11 is 1.59. The second-order valence-electron chi connectivity index (χ2n) is 9.46. The Bertz CT molecular complexity index is 1040. The van der Waals surface area contributed by atoms with Crippen LogP contribution in [0.25, 0.3) is 10.9 Å². The molecule has 1 saturated heterocycles. The van der Waals surface area contributed by atoms with Crippen molar-refractivity contribution in [3.63, 3.8) is 0 Å². The molecule has 0 spiro atoms. The highest BCUT2D eigenvalue weighted by molar-refractivity contribution is 7.17. The molecular formula is C26H34N4OS. The van der Waals surface area contributed by atoms with Gasteiger partial charge >= 0.3 is 0 Å². The van der Waals surface area contributed by atoms with Gasteiger partial charge < -0.3 is 9.88 Å². The zero-order valence-corrected chi connectivity index (χ0v) is 19.9. The number of unbranched alkanes of at least 4 members (excludes halogenated alkanes) is 1. The largest absolute Gasteiger partial charge is 0.361 e. The molecule has 2 fully saturated rings. The molecule has 0 bridgehead atoms. The molecule has 0 amide bonds. The van der Waals surface area contributed by atoms with Gasteiger partial charge in [-0.25, -0.2) is 4.98 Å². The minimum Gasteiger partial charge on any atom is -0.361 e. The van der Waals surface area contributed by atoms with E-state index in [-0.39, 0.29) is 5.78 Å². The van der Waals surface area contributed by atoms with E-state index in [2.05, 4.69) is 57.2 Å². The summed E-state index contributed by atoms with van der Waals surface area (Å²) in [5, 5.41) is 2.30. The molecule has 1 N–H and O–H groups in total. The number of aromatic amines is 1. The van der Waals surface area contributed by atoms with E-state index in [1.54, 1.807) is 11.3 Å². The second-order valence-corrected chi connectivity index (χ2v) is 10.5. The van der Waals surface area contributed by atoms with Gasteiger partial charge in [0.05, 0.1) is 11.1 Å². The summed E-state index contributed by atoms with van der Waals surface area (Å²) in [7, 11) is 0. The predicted molar refractivity (Wildman–Crippen MR) is 133 cm³/mol. The summed E-state index contributed by atoms with van der Waals surface area (Å²) < 4.78 is 0. The lowest BCUT2D eigenvalue weighted by atomic mass is 9.89. The van der Waals surface area contributed by atoms with Crippen molar-refractivity contribution in [2.24, 2.45) is 5.92 Å². The van der Waals surface area contributed by atoms with Crippen LogP contribution in [0, 0.1) is 5.92 Å². The molecule has 2 aliphatic rings. The van der Waals surface area contributed by atoms with Crippen LogP contribution in [0.3, 0.4) is 0 Å². The van der Waals surface area contributed by atoms with E-state index in [9.17, 15) is 4.79 Å². The highest BCUT2D eigenvalue weighted by atomic mass is 32.1. The van der Waals surface area contributed by atoms with Crippen molar-refractivity contribution >= 4 is 33.2 Å². The van der Waals surface area contributed by atoms with Crippen molar-refractivity contribution in [3.05, 3.63) is 47.1 Å². The number of rotatable bonds is 10. The first-order valence-electron chi connectivity index (χ1n) is 12.2. The van der Waals surface area contributed by atoms with Crippen LogP contribution < -0.4 is 4.90 Å². The van der Waals surface area contributed by atoms with E-state index in [1.807, 2.05) is 6.20 Å². The lowest BCUT2D eigenvalue weighted by Crippen LogP contribution is -2.47. The fraction of sp³-hybridized carbons (Fsp3) is 0.538. The van der Waals surface area contributed by atoms with Gasteiger partial charge in [-0.3, -0.25) is 9.69 Å². The topological polar surface area (TPSA) is 52.2 Å². The van der Waals surface area contributed by atoms with Crippen LogP contribution in [0.15, 0.2) is 36.7 Å². The molecule has 1 atom stereocenters. The molecule has 1 aromatic carbocycles. The summed E-state index contributed by atoms with van der Waals surface area (Å²) in [5.74, 6) is 0.626. The lowest BCUT2D eigenvalue weighted by Gasteiger charge is -2.34. The Morgan fingerprint density at radius 2 is 2.03 bits per heavy atom. The van der Waals surface area contributed by atoms with Crippen LogP contribution >= 0.6 is 11.3 Å². The number of nitrogens with one attached hydrogen (secondary N) is 1. The van der Waals surface area contributed by atoms with Gasteiger partial charge in [-0.1, -0.05) is 49.3 Å². The van der Waals surface area contributed by atoms with E-state index in [1.165, 1.54) is 35.7 Å². The first-order chi connectivity index (χ1) is 15.7. The quantitative estimate of drug-likeness (QED) is 0.413. The van der Waals surface area contributed by atoms with Crippen LogP contribution in [0.2, 0.25) is 0 Å². The standard InChI is InChI=1S/C26H34N4OS/c1-2-3-6-19(15-20-17-27-23-8-5-4-7-22(20)23)16-24(31)25-18-28-26(32-25)30-13-11-29(12-14-30)21-9-10-21/h4-5,7-8,17-19,21,27H,2-3,6,9-16H2,1H3. The van der Waals surface area contributed by atoms with Crippen molar-refractivity contribution in [2.45, 2.75) is 57.9 Å². The molecule has 32 heavy (non-hydrogen) atoms. The van der Waals surface area contributed by atoms with Crippen molar-refractivity contribution < 1.29 is 4.79 Å². The average Bonchev–Trinajstić information content (AvgIpc) is 3.41. The number of carbonyl (C=O) groups is 1. The van der Waals surface area contributed by atoms with Gasteiger partial charge in [-0.2, -0.15) is 0 Å². The number of ketones is 1. The van der Waals surface area contributed by atoms with E-state index in [0.717, 1.165) is 61.5 Å². The van der Waals surface area contributed by atoms with Gasteiger partial charge in [0, 0.05) is 55.7 Å². The molecule has 6 heteroatoms.